The van der Waals surface area contributed by atoms with Crippen LogP contribution in [0, 0.1) is 29.0 Å². The van der Waals surface area contributed by atoms with Gasteiger partial charge in [-0.1, -0.05) is 12.1 Å². The Kier molecular flexibility index (Phi) is 6.44. The van der Waals surface area contributed by atoms with Gasteiger partial charge in [-0.25, -0.2) is 9.37 Å². The van der Waals surface area contributed by atoms with Gasteiger partial charge in [0.1, 0.15) is 5.82 Å². The van der Waals surface area contributed by atoms with Gasteiger partial charge in [0.25, 0.3) is 5.91 Å². The van der Waals surface area contributed by atoms with Crippen LogP contribution in [0.4, 0.5) is 15.2 Å². The monoisotopic (exact) mass is 496 g/mol. The number of carbonyl (C=O) groups is 3. The first kappa shape index (κ1) is 23.7. The topological polar surface area (TPSA) is 91.4 Å². The van der Waals surface area contributed by atoms with Crippen LogP contribution in [-0.4, -0.2) is 22.7 Å². The molecule has 1 heterocycles. The summed E-state index contributed by atoms with van der Waals surface area (Å²) in [4.78, 5) is 42.5. The average molecular weight is 497 g/mol. The largest absolute Gasteiger partial charge is 0.274 e. The molecule has 6 rings (SSSR count). The van der Waals surface area contributed by atoms with Crippen molar-refractivity contribution in [1.29, 1.82) is 0 Å². The second kappa shape index (κ2) is 9.53. The molecule has 1 aromatic carbocycles. The van der Waals surface area contributed by atoms with Gasteiger partial charge in [0, 0.05) is 24.8 Å². The molecule has 4 aliphatic rings. The lowest BCUT2D eigenvalue weighted by Crippen LogP contribution is -2.49. The lowest BCUT2D eigenvalue weighted by Gasteiger charge is -2.56. The minimum Gasteiger partial charge on any atom is -0.274 e. The van der Waals surface area contributed by atoms with Crippen LogP contribution in [0.3, 0.4) is 0 Å². The van der Waals surface area contributed by atoms with Gasteiger partial charge in [-0.3, -0.25) is 30.1 Å². The van der Waals surface area contributed by atoms with Crippen LogP contribution in [0.5, 0.6) is 0 Å². The van der Waals surface area contributed by atoms with E-state index in [2.05, 4.69) is 15.8 Å². The highest BCUT2D eigenvalue weighted by molar-refractivity contribution is 7.14. The maximum Gasteiger partial charge on any atom is 0.262 e. The number of nitrogens with zero attached hydrogens (tertiary/aromatic N) is 2. The molecule has 9 heteroatoms. The fourth-order valence-corrected chi connectivity index (χ4v) is 7.57. The molecule has 0 unspecified atom stereocenters. The number of carbonyl (C=O) groups excluding carboxylic acids is 3. The van der Waals surface area contributed by atoms with Crippen molar-refractivity contribution in [2.24, 2.45) is 23.2 Å². The fraction of sp³-hybridized carbons (Fsp3) is 0.462. The molecule has 184 valence electrons. The number of anilines is 2. The molecule has 7 nitrogen and oxygen atoms in total. The molecule has 0 atom stereocenters. The number of aromatic nitrogens is 1. The third-order valence-electron chi connectivity index (χ3n) is 7.54. The van der Waals surface area contributed by atoms with Gasteiger partial charge in [-0.15, -0.1) is 11.3 Å². The number of nitrogens with one attached hydrogen (secondary N) is 2. The summed E-state index contributed by atoms with van der Waals surface area (Å²) >= 11 is 1.16. The number of para-hydroxylation sites is 1. The van der Waals surface area contributed by atoms with Crippen molar-refractivity contribution in [3.05, 3.63) is 47.2 Å². The van der Waals surface area contributed by atoms with E-state index in [-0.39, 0.29) is 22.9 Å². The summed E-state index contributed by atoms with van der Waals surface area (Å²) in [5.41, 5.74) is 5.68. The Hall–Kier alpha value is -3.07. The van der Waals surface area contributed by atoms with E-state index in [1.54, 1.807) is 17.5 Å². The quantitative estimate of drug-likeness (QED) is 0.447. The van der Waals surface area contributed by atoms with Crippen molar-refractivity contribution in [3.63, 3.8) is 0 Å². The summed E-state index contributed by atoms with van der Waals surface area (Å²) in [5.74, 6) is 0.784. The number of benzene rings is 1. The van der Waals surface area contributed by atoms with Crippen LogP contribution in [0.25, 0.3) is 6.08 Å². The van der Waals surface area contributed by atoms with E-state index in [0.29, 0.717) is 17.2 Å². The van der Waals surface area contributed by atoms with E-state index in [1.165, 1.54) is 55.4 Å². The summed E-state index contributed by atoms with van der Waals surface area (Å²) in [6.07, 6.45) is 10.6. The Labute approximate surface area is 207 Å². The van der Waals surface area contributed by atoms with Crippen LogP contribution in [0.1, 0.15) is 57.6 Å². The van der Waals surface area contributed by atoms with Crippen molar-refractivity contribution in [2.45, 2.75) is 51.9 Å². The van der Waals surface area contributed by atoms with E-state index in [0.717, 1.165) is 48.4 Å². The first-order chi connectivity index (χ1) is 16.8. The van der Waals surface area contributed by atoms with Gasteiger partial charge in [-0.2, -0.15) is 0 Å². The highest BCUT2D eigenvalue weighted by Crippen LogP contribution is 2.61. The minimum atomic E-state index is -0.529. The smallest absolute Gasteiger partial charge is 0.262 e. The molecule has 0 spiro atoms. The van der Waals surface area contributed by atoms with Crippen molar-refractivity contribution in [2.75, 3.05) is 4.90 Å². The standard InChI is InChI=1S/C26H29FN4O3S/c1-16(32)31(22-5-3-2-4-21(22)27)25-28-20(15-35-25)6-7-23(33)29-30-24(34)14-26-11-17-8-18(12-26)10-19(9-17)13-26/h2-7,15,17-19H,8-14H2,1H3,(H,29,33)(H,30,34)/b7-6+. The number of hydrogen-bond donors (Lipinski definition) is 2. The Bertz CT molecular complexity index is 1140. The third kappa shape index (κ3) is 5.15. The summed E-state index contributed by atoms with van der Waals surface area (Å²) in [6, 6.07) is 5.98. The first-order valence-corrected chi connectivity index (χ1v) is 13.0. The molecule has 35 heavy (non-hydrogen) atoms. The predicted molar refractivity (Wildman–Crippen MR) is 132 cm³/mol. The number of thiazole rings is 1. The first-order valence-electron chi connectivity index (χ1n) is 12.1. The summed E-state index contributed by atoms with van der Waals surface area (Å²) in [5, 5.41) is 1.97. The molecule has 0 saturated heterocycles. The van der Waals surface area contributed by atoms with E-state index in [4.69, 9.17) is 0 Å². The highest BCUT2D eigenvalue weighted by Gasteiger charge is 2.51. The normalized spacial score (nSPS) is 26.6. The van der Waals surface area contributed by atoms with E-state index >= 15 is 0 Å². The van der Waals surface area contributed by atoms with Gasteiger partial charge in [0.05, 0.1) is 11.4 Å². The van der Waals surface area contributed by atoms with E-state index < -0.39 is 11.7 Å². The number of halogens is 1. The molecule has 2 N–H and O–H groups in total. The summed E-state index contributed by atoms with van der Waals surface area (Å²) in [7, 11) is 0. The van der Waals surface area contributed by atoms with Gasteiger partial charge >= 0.3 is 0 Å². The molecule has 0 aliphatic heterocycles. The van der Waals surface area contributed by atoms with Crippen LogP contribution in [-0.2, 0) is 14.4 Å². The summed E-state index contributed by atoms with van der Waals surface area (Å²) in [6.45, 7) is 1.34. The lowest BCUT2D eigenvalue weighted by atomic mass is 9.49. The number of rotatable bonds is 6. The van der Waals surface area contributed by atoms with Crippen molar-refractivity contribution >= 4 is 46.0 Å². The Morgan fingerprint density at radius 1 is 1.11 bits per heavy atom. The molecule has 1 aromatic heterocycles. The zero-order valence-corrected chi connectivity index (χ0v) is 20.4. The predicted octanol–water partition coefficient (Wildman–Crippen LogP) is 4.73. The van der Waals surface area contributed by atoms with E-state index in [9.17, 15) is 18.8 Å². The molecule has 4 bridgehead atoms. The average Bonchev–Trinajstić information content (AvgIpc) is 3.25. The molecule has 0 radical (unpaired) electrons. The zero-order valence-electron chi connectivity index (χ0n) is 19.6. The Balaban J connectivity index is 1.15. The zero-order chi connectivity index (χ0) is 24.6. The second-order valence-electron chi connectivity index (χ2n) is 10.3. The lowest BCUT2D eigenvalue weighted by molar-refractivity contribution is -0.133. The maximum absolute atomic E-state index is 14.2. The minimum absolute atomic E-state index is 0.108. The van der Waals surface area contributed by atoms with Gasteiger partial charge in [-0.05, 0) is 79.9 Å². The number of hydrazine groups is 1. The van der Waals surface area contributed by atoms with Gasteiger partial charge < -0.3 is 0 Å². The molecule has 3 amide bonds. The second-order valence-corrected chi connectivity index (χ2v) is 11.2. The maximum atomic E-state index is 14.2. The SMILES string of the molecule is CC(=O)N(c1nc(/C=C/C(=O)NNC(=O)CC23CC4CC(CC(C4)C2)C3)cs1)c1ccccc1F. The molecule has 4 aliphatic carbocycles. The van der Waals surface area contributed by atoms with Crippen LogP contribution in [0.2, 0.25) is 0 Å². The van der Waals surface area contributed by atoms with Gasteiger partial charge in [0.15, 0.2) is 5.13 Å². The molecule has 4 saturated carbocycles. The number of hydrogen-bond acceptors (Lipinski definition) is 5. The molecular weight excluding hydrogens is 467 g/mol. The van der Waals surface area contributed by atoms with Crippen LogP contribution >= 0.6 is 11.3 Å². The third-order valence-corrected chi connectivity index (χ3v) is 8.38. The van der Waals surface area contributed by atoms with Crippen molar-refractivity contribution < 1.29 is 18.8 Å². The number of amides is 3. The van der Waals surface area contributed by atoms with Crippen molar-refractivity contribution in [3.8, 4) is 0 Å². The Morgan fingerprint density at radius 3 is 2.40 bits per heavy atom. The van der Waals surface area contributed by atoms with Crippen LogP contribution < -0.4 is 15.8 Å². The molecule has 4 fully saturated rings. The van der Waals surface area contributed by atoms with Crippen molar-refractivity contribution in [1.82, 2.24) is 15.8 Å². The highest BCUT2D eigenvalue weighted by atomic mass is 32.1. The fourth-order valence-electron chi connectivity index (χ4n) is 6.72. The molecule has 2 aromatic rings. The summed E-state index contributed by atoms with van der Waals surface area (Å²) < 4.78 is 14.2. The van der Waals surface area contributed by atoms with Gasteiger partial charge in [0.2, 0.25) is 11.8 Å². The van der Waals surface area contributed by atoms with Crippen LogP contribution in [0.15, 0.2) is 35.7 Å². The Morgan fingerprint density at radius 2 is 1.77 bits per heavy atom. The molecular formula is C26H29FN4O3S. The van der Waals surface area contributed by atoms with E-state index in [1.807, 2.05) is 0 Å².